The van der Waals surface area contributed by atoms with Crippen molar-refractivity contribution in [1.29, 1.82) is 0 Å². The molecule has 0 amide bonds. The third-order valence-electron chi connectivity index (χ3n) is 2.40. The number of aldehydes is 1. The first-order chi connectivity index (χ1) is 8.42. The average molecular weight is 331 g/mol. The van der Waals surface area contributed by atoms with Crippen molar-refractivity contribution in [1.82, 2.24) is 0 Å². The van der Waals surface area contributed by atoms with E-state index in [-0.39, 0.29) is 6.79 Å². The van der Waals surface area contributed by atoms with Crippen LogP contribution in [0.15, 0.2) is 22.7 Å². The quantitative estimate of drug-likeness (QED) is 0.328. The molecular weight excluding hydrogens is 312 g/mol. The summed E-state index contributed by atoms with van der Waals surface area (Å²) in [6, 6.07) is 6.38. The van der Waals surface area contributed by atoms with Gasteiger partial charge in [0.1, 0.15) is 5.75 Å². The van der Waals surface area contributed by atoms with Crippen molar-refractivity contribution >= 4 is 30.3 Å². The van der Waals surface area contributed by atoms with Crippen LogP contribution in [-0.2, 0) is 4.74 Å². The van der Waals surface area contributed by atoms with Crippen LogP contribution in [0.3, 0.4) is 0 Å². The van der Waals surface area contributed by atoms with E-state index in [0.29, 0.717) is 11.3 Å². The minimum atomic E-state index is -1.03. The summed E-state index contributed by atoms with van der Waals surface area (Å²) in [7, 11) is -1.03. The molecule has 0 radical (unpaired) electrons. The second kappa shape index (κ2) is 7.06. The number of ether oxygens (including phenoxy) is 2. The highest BCUT2D eigenvalue weighted by molar-refractivity contribution is 9.10. The maximum atomic E-state index is 10.6. The first kappa shape index (κ1) is 15.4. The zero-order valence-electron chi connectivity index (χ0n) is 11.0. The number of halogens is 1. The second-order valence-electron chi connectivity index (χ2n) is 5.28. The third-order valence-corrected chi connectivity index (χ3v) is 4.80. The standard InChI is InChI=1S/C13H19BrO3Si/c1-18(2,3)7-6-16-10-17-12-5-4-11(9-15)13(14)8-12/h4-5,8-9H,6-7,10H2,1-3H3. The minimum Gasteiger partial charge on any atom is -0.468 e. The lowest BCUT2D eigenvalue weighted by Gasteiger charge is -2.15. The first-order valence-corrected chi connectivity index (χ1v) is 10.4. The zero-order valence-corrected chi connectivity index (χ0v) is 13.6. The van der Waals surface area contributed by atoms with Crippen LogP contribution in [0.1, 0.15) is 10.4 Å². The van der Waals surface area contributed by atoms with E-state index in [1.807, 2.05) is 0 Å². The van der Waals surface area contributed by atoms with Gasteiger partial charge in [0.2, 0.25) is 0 Å². The van der Waals surface area contributed by atoms with Gasteiger partial charge in [-0.3, -0.25) is 4.79 Å². The molecule has 18 heavy (non-hydrogen) atoms. The molecule has 1 aromatic rings. The number of carbonyl (C=O) groups excluding carboxylic acids is 1. The Morgan fingerprint density at radius 3 is 2.61 bits per heavy atom. The number of benzene rings is 1. The predicted molar refractivity (Wildman–Crippen MR) is 79.1 cm³/mol. The highest BCUT2D eigenvalue weighted by Gasteiger charge is 2.11. The molecule has 0 aliphatic heterocycles. The van der Waals surface area contributed by atoms with E-state index in [0.717, 1.165) is 23.4 Å². The van der Waals surface area contributed by atoms with Crippen LogP contribution >= 0.6 is 15.9 Å². The molecule has 1 aromatic carbocycles. The van der Waals surface area contributed by atoms with Crippen molar-refractivity contribution in [3.63, 3.8) is 0 Å². The van der Waals surface area contributed by atoms with Gasteiger partial charge < -0.3 is 9.47 Å². The van der Waals surface area contributed by atoms with E-state index in [2.05, 4.69) is 35.6 Å². The van der Waals surface area contributed by atoms with Crippen molar-refractivity contribution in [2.45, 2.75) is 25.7 Å². The van der Waals surface area contributed by atoms with Gasteiger partial charge in [-0.25, -0.2) is 0 Å². The van der Waals surface area contributed by atoms with Crippen LogP contribution in [0.25, 0.3) is 0 Å². The van der Waals surface area contributed by atoms with Crippen LogP contribution < -0.4 is 4.74 Å². The Labute approximate surface area is 118 Å². The Morgan fingerprint density at radius 2 is 2.06 bits per heavy atom. The summed E-state index contributed by atoms with van der Waals surface area (Å²) in [4.78, 5) is 10.6. The SMILES string of the molecule is C[Si](C)(C)CCOCOc1ccc(C=O)c(Br)c1. The Morgan fingerprint density at radius 1 is 1.33 bits per heavy atom. The van der Waals surface area contributed by atoms with Gasteiger partial charge in [0.15, 0.2) is 13.1 Å². The molecular formula is C13H19BrO3Si. The van der Waals surface area contributed by atoms with Crippen molar-refractivity contribution in [2.75, 3.05) is 13.4 Å². The summed E-state index contributed by atoms with van der Waals surface area (Å²) >= 11 is 3.31. The molecule has 0 aliphatic rings. The molecule has 0 bridgehead atoms. The first-order valence-electron chi connectivity index (χ1n) is 5.88. The van der Waals surface area contributed by atoms with Crippen LogP contribution in [0.5, 0.6) is 5.75 Å². The molecule has 0 saturated carbocycles. The topological polar surface area (TPSA) is 35.5 Å². The monoisotopic (exact) mass is 330 g/mol. The van der Waals surface area contributed by atoms with E-state index >= 15 is 0 Å². The molecule has 5 heteroatoms. The molecule has 0 atom stereocenters. The Hall–Kier alpha value is -0.653. The lowest BCUT2D eigenvalue weighted by molar-refractivity contribution is 0.0220. The molecule has 3 nitrogen and oxygen atoms in total. The smallest absolute Gasteiger partial charge is 0.189 e. The molecule has 0 aliphatic carbocycles. The largest absolute Gasteiger partial charge is 0.468 e. The maximum absolute atomic E-state index is 10.6. The lowest BCUT2D eigenvalue weighted by atomic mass is 10.2. The van der Waals surface area contributed by atoms with Gasteiger partial charge in [-0.1, -0.05) is 19.6 Å². The second-order valence-corrected chi connectivity index (χ2v) is 11.8. The molecule has 0 spiro atoms. The number of hydrogen-bond donors (Lipinski definition) is 0. The minimum absolute atomic E-state index is 0.247. The normalized spacial score (nSPS) is 11.3. The number of hydrogen-bond acceptors (Lipinski definition) is 3. The lowest BCUT2D eigenvalue weighted by Crippen LogP contribution is -2.22. The molecule has 0 unspecified atom stereocenters. The number of rotatable bonds is 7. The molecule has 0 aromatic heterocycles. The van der Waals surface area contributed by atoms with Gasteiger partial charge in [0, 0.05) is 24.7 Å². The van der Waals surface area contributed by atoms with Crippen LogP contribution in [0.2, 0.25) is 25.7 Å². The maximum Gasteiger partial charge on any atom is 0.189 e. The van der Waals surface area contributed by atoms with Crippen molar-refractivity contribution < 1.29 is 14.3 Å². The Bertz CT molecular complexity index is 402. The fourth-order valence-electron chi connectivity index (χ4n) is 1.24. The molecule has 0 N–H and O–H groups in total. The zero-order chi connectivity index (χ0) is 13.6. The van der Waals surface area contributed by atoms with Crippen LogP contribution in [0, 0.1) is 0 Å². The average Bonchev–Trinajstić information content (AvgIpc) is 2.27. The van der Waals surface area contributed by atoms with Gasteiger partial charge in [-0.15, -0.1) is 0 Å². The van der Waals surface area contributed by atoms with Gasteiger partial charge in [-0.05, 0) is 40.2 Å². The van der Waals surface area contributed by atoms with Crippen LogP contribution in [0.4, 0.5) is 0 Å². The van der Waals surface area contributed by atoms with Crippen molar-refractivity contribution in [3.8, 4) is 5.75 Å². The van der Waals surface area contributed by atoms with Crippen molar-refractivity contribution in [3.05, 3.63) is 28.2 Å². The molecule has 0 heterocycles. The summed E-state index contributed by atoms with van der Waals surface area (Å²) in [5.41, 5.74) is 0.613. The van der Waals surface area contributed by atoms with Gasteiger partial charge in [-0.2, -0.15) is 0 Å². The van der Waals surface area contributed by atoms with Crippen LogP contribution in [-0.4, -0.2) is 27.8 Å². The highest BCUT2D eigenvalue weighted by atomic mass is 79.9. The Kier molecular flexibility index (Phi) is 6.04. The van der Waals surface area contributed by atoms with Gasteiger partial charge in [0.05, 0.1) is 0 Å². The molecule has 100 valence electrons. The summed E-state index contributed by atoms with van der Waals surface area (Å²) in [6.07, 6.45) is 0.804. The molecule has 1 rings (SSSR count). The summed E-state index contributed by atoms with van der Waals surface area (Å²) in [6.45, 7) is 7.92. The molecule has 0 saturated heterocycles. The Balaban J connectivity index is 2.32. The van der Waals surface area contributed by atoms with E-state index in [4.69, 9.17) is 9.47 Å². The van der Waals surface area contributed by atoms with E-state index in [1.54, 1.807) is 18.2 Å². The fourth-order valence-corrected chi connectivity index (χ4v) is 2.45. The molecule has 0 fully saturated rings. The summed E-state index contributed by atoms with van der Waals surface area (Å²) < 4.78 is 11.6. The van der Waals surface area contributed by atoms with E-state index in [9.17, 15) is 4.79 Å². The summed E-state index contributed by atoms with van der Waals surface area (Å²) in [5.74, 6) is 0.695. The van der Waals surface area contributed by atoms with Crippen molar-refractivity contribution in [2.24, 2.45) is 0 Å². The third kappa shape index (κ3) is 5.80. The number of carbonyl (C=O) groups is 1. The van der Waals surface area contributed by atoms with Gasteiger partial charge >= 0.3 is 0 Å². The summed E-state index contributed by atoms with van der Waals surface area (Å²) in [5, 5.41) is 0. The highest BCUT2D eigenvalue weighted by Crippen LogP contribution is 2.21. The predicted octanol–water partition coefficient (Wildman–Crippen LogP) is 3.95. The van der Waals surface area contributed by atoms with Gasteiger partial charge in [0.25, 0.3) is 0 Å². The fraction of sp³-hybridized carbons (Fsp3) is 0.462. The van der Waals surface area contributed by atoms with E-state index in [1.165, 1.54) is 0 Å². The van der Waals surface area contributed by atoms with E-state index < -0.39 is 8.07 Å².